The number of phenols is 1. The molecule has 0 bridgehead atoms. The second kappa shape index (κ2) is 4.52. The molecular weight excluding hydrogens is 267 g/mol. The van der Waals surface area contributed by atoms with Crippen molar-refractivity contribution in [2.24, 2.45) is 0 Å². The van der Waals surface area contributed by atoms with E-state index >= 15 is 0 Å². The number of phenolic OH excluding ortho intramolecular Hbond substituents is 1. The van der Waals surface area contributed by atoms with Gasteiger partial charge in [-0.25, -0.2) is 13.2 Å². The van der Waals surface area contributed by atoms with Gasteiger partial charge in [-0.3, -0.25) is 4.98 Å². The van der Waals surface area contributed by atoms with Gasteiger partial charge in [-0.15, -0.1) is 0 Å². The van der Waals surface area contributed by atoms with E-state index in [1.54, 1.807) is 6.07 Å². The lowest BCUT2D eigenvalue weighted by atomic mass is 10.0. The highest BCUT2D eigenvalue weighted by atomic mass is 19.1. The number of pyridine rings is 1. The Hall–Kier alpha value is -2.56. The quantitative estimate of drug-likeness (QED) is 0.727. The fourth-order valence-electron chi connectivity index (χ4n) is 2.13. The van der Waals surface area contributed by atoms with E-state index in [2.05, 4.69) is 4.98 Å². The van der Waals surface area contributed by atoms with Gasteiger partial charge in [-0.1, -0.05) is 0 Å². The normalized spacial score (nSPS) is 10.9. The van der Waals surface area contributed by atoms with Crippen molar-refractivity contribution < 1.29 is 18.3 Å². The standard InChI is InChI=1S/C15H8F3NO/c16-8-6-11(15(20)13(18)7-8)9-3-4-12(17)10-2-1-5-19-14(9)10/h1-7,20H. The highest BCUT2D eigenvalue weighted by molar-refractivity contribution is 5.95. The van der Waals surface area contributed by atoms with Crippen molar-refractivity contribution in [3.05, 3.63) is 60.0 Å². The summed E-state index contributed by atoms with van der Waals surface area (Å²) >= 11 is 0. The van der Waals surface area contributed by atoms with Crippen LogP contribution < -0.4 is 0 Å². The van der Waals surface area contributed by atoms with E-state index in [1.807, 2.05) is 0 Å². The summed E-state index contributed by atoms with van der Waals surface area (Å²) in [6, 6.07) is 7.13. The molecule has 3 rings (SSSR count). The average Bonchev–Trinajstić information content (AvgIpc) is 2.44. The topological polar surface area (TPSA) is 33.1 Å². The summed E-state index contributed by atoms with van der Waals surface area (Å²) in [4.78, 5) is 4.02. The van der Waals surface area contributed by atoms with Gasteiger partial charge in [0.1, 0.15) is 11.6 Å². The van der Waals surface area contributed by atoms with E-state index in [4.69, 9.17) is 0 Å². The lowest BCUT2D eigenvalue weighted by Gasteiger charge is -2.09. The Morgan fingerprint density at radius 2 is 1.70 bits per heavy atom. The Kier molecular flexibility index (Phi) is 2.82. The smallest absolute Gasteiger partial charge is 0.168 e. The fraction of sp³-hybridized carbons (Fsp3) is 0. The Labute approximate surface area is 112 Å². The van der Waals surface area contributed by atoms with Crippen LogP contribution in [0.3, 0.4) is 0 Å². The summed E-state index contributed by atoms with van der Waals surface area (Å²) < 4.78 is 40.4. The highest BCUT2D eigenvalue weighted by Gasteiger charge is 2.16. The number of fused-ring (bicyclic) bond motifs is 1. The summed E-state index contributed by atoms with van der Waals surface area (Å²) in [6.45, 7) is 0. The van der Waals surface area contributed by atoms with Gasteiger partial charge in [0.2, 0.25) is 0 Å². The molecule has 0 saturated carbocycles. The molecule has 0 aliphatic rings. The van der Waals surface area contributed by atoms with E-state index in [-0.39, 0.29) is 22.0 Å². The minimum Gasteiger partial charge on any atom is -0.504 e. The number of hydrogen-bond donors (Lipinski definition) is 1. The molecule has 20 heavy (non-hydrogen) atoms. The highest BCUT2D eigenvalue weighted by Crippen LogP contribution is 2.36. The van der Waals surface area contributed by atoms with Crippen molar-refractivity contribution >= 4 is 10.9 Å². The SMILES string of the molecule is Oc1c(F)cc(F)cc1-c1ccc(F)c2cccnc12. The molecule has 3 aromatic rings. The maximum absolute atomic E-state index is 13.7. The predicted molar refractivity (Wildman–Crippen MR) is 68.7 cm³/mol. The number of halogens is 3. The molecule has 0 aliphatic heterocycles. The maximum Gasteiger partial charge on any atom is 0.168 e. The maximum atomic E-state index is 13.7. The molecule has 0 fully saturated rings. The average molecular weight is 275 g/mol. The van der Waals surface area contributed by atoms with Gasteiger partial charge in [0, 0.05) is 28.8 Å². The van der Waals surface area contributed by atoms with Crippen LogP contribution in [-0.2, 0) is 0 Å². The Balaban J connectivity index is 2.39. The van der Waals surface area contributed by atoms with Crippen LogP contribution in [0, 0.1) is 17.5 Å². The van der Waals surface area contributed by atoms with Gasteiger partial charge in [-0.05, 0) is 30.3 Å². The summed E-state index contributed by atoms with van der Waals surface area (Å²) in [5, 5.41) is 9.96. The Bertz CT molecular complexity index is 818. The van der Waals surface area contributed by atoms with Crippen LogP contribution >= 0.6 is 0 Å². The zero-order valence-electron chi connectivity index (χ0n) is 10.1. The van der Waals surface area contributed by atoms with Crippen LogP contribution in [0.2, 0.25) is 0 Å². The third-order valence-corrected chi connectivity index (χ3v) is 3.03. The van der Waals surface area contributed by atoms with Gasteiger partial charge in [0.25, 0.3) is 0 Å². The van der Waals surface area contributed by atoms with Crippen LogP contribution in [0.15, 0.2) is 42.6 Å². The lowest BCUT2D eigenvalue weighted by molar-refractivity contribution is 0.430. The van der Waals surface area contributed by atoms with E-state index in [0.717, 1.165) is 6.07 Å². The summed E-state index contributed by atoms with van der Waals surface area (Å²) in [6.07, 6.45) is 1.44. The molecule has 5 heteroatoms. The minimum atomic E-state index is -1.08. The molecule has 0 unspecified atom stereocenters. The van der Waals surface area contributed by atoms with Crippen LogP contribution in [0.4, 0.5) is 13.2 Å². The van der Waals surface area contributed by atoms with E-state index < -0.39 is 23.2 Å². The Morgan fingerprint density at radius 1 is 0.900 bits per heavy atom. The summed E-state index contributed by atoms with van der Waals surface area (Å²) in [5.41, 5.74) is 0.428. The Morgan fingerprint density at radius 3 is 2.50 bits per heavy atom. The number of rotatable bonds is 1. The van der Waals surface area contributed by atoms with Crippen molar-refractivity contribution in [2.75, 3.05) is 0 Å². The van der Waals surface area contributed by atoms with E-state index in [1.165, 1.54) is 24.4 Å². The second-order valence-electron chi connectivity index (χ2n) is 4.28. The first kappa shape index (κ1) is 12.5. The van der Waals surface area contributed by atoms with Crippen LogP contribution in [0.25, 0.3) is 22.0 Å². The van der Waals surface area contributed by atoms with Gasteiger partial charge in [0.05, 0.1) is 5.52 Å². The molecule has 100 valence electrons. The molecule has 2 nitrogen and oxygen atoms in total. The minimum absolute atomic E-state index is 0.0637. The van der Waals surface area contributed by atoms with Crippen LogP contribution in [-0.4, -0.2) is 10.1 Å². The molecule has 2 aromatic carbocycles. The van der Waals surface area contributed by atoms with Gasteiger partial charge >= 0.3 is 0 Å². The van der Waals surface area contributed by atoms with Crippen molar-refractivity contribution in [1.82, 2.24) is 4.98 Å². The zero-order valence-corrected chi connectivity index (χ0v) is 10.1. The van der Waals surface area contributed by atoms with E-state index in [9.17, 15) is 18.3 Å². The third kappa shape index (κ3) is 1.87. The van der Waals surface area contributed by atoms with Gasteiger partial charge in [0.15, 0.2) is 11.6 Å². The molecule has 0 saturated heterocycles. The molecule has 1 aromatic heterocycles. The molecule has 0 radical (unpaired) electrons. The first-order valence-corrected chi connectivity index (χ1v) is 5.79. The molecular formula is C15H8F3NO. The van der Waals surface area contributed by atoms with Gasteiger partial charge in [-0.2, -0.15) is 0 Å². The van der Waals surface area contributed by atoms with Gasteiger partial charge < -0.3 is 5.11 Å². The van der Waals surface area contributed by atoms with E-state index in [0.29, 0.717) is 6.07 Å². The van der Waals surface area contributed by atoms with Crippen molar-refractivity contribution in [3.8, 4) is 16.9 Å². The van der Waals surface area contributed by atoms with Crippen LogP contribution in [0.5, 0.6) is 5.75 Å². The first-order chi connectivity index (χ1) is 9.58. The molecule has 0 aliphatic carbocycles. The molecule has 0 atom stereocenters. The number of benzene rings is 2. The molecule has 1 heterocycles. The van der Waals surface area contributed by atoms with Crippen LogP contribution in [0.1, 0.15) is 0 Å². The number of aromatic nitrogens is 1. The summed E-state index contributed by atoms with van der Waals surface area (Å²) in [7, 11) is 0. The molecule has 0 amide bonds. The number of aromatic hydroxyl groups is 1. The van der Waals surface area contributed by atoms with Crippen molar-refractivity contribution in [1.29, 1.82) is 0 Å². The van der Waals surface area contributed by atoms with Crippen molar-refractivity contribution in [3.63, 3.8) is 0 Å². The van der Waals surface area contributed by atoms with Crippen molar-refractivity contribution in [2.45, 2.75) is 0 Å². The zero-order chi connectivity index (χ0) is 14.3. The molecule has 1 N–H and O–H groups in total. The monoisotopic (exact) mass is 275 g/mol. The largest absolute Gasteiger partial charge is 0.504 e. The molecule has 0 spiro atoms. The first-order valence-electron chi connectivity index (χ1n) is 5.79. The number of hydrogen-bond acceptors (Lipinski definition) is 2. The third-order valence-electron chi connectivity index (χ3n) is 3.03. The summed E-state index contributed by atoms with van der Waals surface area (Å²) in [5.74, 6) is -3.09. The lowest BCUT2D eigenvalue weighted by Crippen LogP contribution is -1.91. The fourth-order valence-corrected chi connectivity index (χ4v) is 2.13. The number of nitrogens with zero attached hydrogens (tertiary/aromatic N) is 1. The second-order valence-corrected chi connectivity index (χ2v) is 4.28. The predicted octanol–water partition coefficient (Wildman–Crippen LogP) is 4.02.